The van der Waals surface area contributed by atoms with Gasteiger partial charge in [-0.2, -0.15) is 0 Å². The highest BCUT2D eigenvalue weighted by Gasteiger charge is 2.40. The summed E-state index contributed by atoms with van der Waals surface area (Å²) < 4.78 is 0. The standard InChI is InChI=1S/C22H15ClN2O2S/c23-15-8-7-11-17(14-15)25-21(26)19(24-16-9-3-1-4-10-16)20(22(25)27)28-18-12-5-2-6-13-18/h1-14,24H. The first-order valence-electron chi connectivity index (χ1n) is 8.57. The summed E-state index contributed by atoms with van der Waals surface area (Å²) in [6, 6.07) is 25.5. The predicted octanol–water partition coefficient (Wildman–Crippen LogP) is 5.33. The molecule has 0 unspecified atom stereocenters. The van der Waals surface area contributed by atoms with Crippen LogP contribution in [0.15, 0.2) is 100 Å². The molecule has 2 amide bonds. The molecule has 1 heterocycles. The van der Waals surface area contributed by atoms with Crippen molar-refractivity contribution in [1.82, 2.24) is 0 Å². The van der Waals surface area contributed by atoms with Crippen molar-refractivity contribution >= 4 is 46.6 Å². The van der Waals surface area contributed by atoms with Crippen LogP contribution in [0.4, 0.5) is 11.4 Å². The van der Waals surface area contributed by atoms with Crippen molar-refractivity contribution in [3.05, 3.63) is 101 Å². The normalized spacial score (nSPS) is 14.0. The van der Waals surface area contributed by atoms with Gasteiger partial charge < -0.3 is 5.32 Å². The summed E-state index contributed by atoms with van der Waals surface area (Å²) in [6.07, 6.45) is 0. The van der Waals surface area contributed by atoms with Gasteiger partial charge in [0.25, 0.3) is 11.8 Å². The third-order valence-corrected chi connectivity index (χ3v) is 5.44. The number of hydrogen-bond acceptors (Lipinski definition) is 4. The third kappa shape index (κ3) is 3.67. The molecule has 0 radical (unpaired) electrons. The lowest BCUT2D eigenvalue weighted by molar-refractivity contribution is -0.120. The molecular formula is C22H15ClN2O2S. The maximum Gasteiger partial charge on any atom is 0.283 e. The van der Waals surface area contributed by atoms with Crippen LogP contribution in [0.5, 0.6) is 0 Å². The molecule has 1 aliphatic heterocycles. The van der Waals surface area contributed by atoms with Crippen molar-refractivity contribution in [3.63, 3.8) is 0 Å². The van der Waals surface area contributed by atoms with Crippen molar-refractivity contribution in [2.24, 2.45) is 0 Å². The first-order valence-corrected chi connectivity index (χ1v) is 9.76. The first-order chi connectivity index (χ1) is 13.6. The van der Waals surface area contributed by atoms with E-state index in [1.165, 1.54) is 11.8 Å². The fraction of sp³-hybridized carbons (Fsp3) is 0. The van der Waals surface area contributed by atoms with E-state index in [9.17, 15) is 9.59 Å². The van der Waals surface area contributed by atoms with Crippen molar-refractivity contribution < 1.29 is 9.59 Å². The summed E-state index contributed by atoms with van der Waals surface area (Å²) in [5, 5.41) is 3.58. The summed E-state index contributed by atoms with van der Waals surface area (Å²) in [5.74, 6) is -0.783. The first kappa shape index (κ1) is 18.3. The SMILES string of the molecule is O=C1C(Nc2ccccc2)=C(Sc2ccccc2)C(=O)N1c1cccc(Cl)c1. The fourth-order valence-electron chi connectivity index (χ4n) is 2.84. The Morgan fingerprint density at radius 1 is 0.786 bits per heavy atom. The molecule has 0 aromatic heterocycles. The number of anilines is 2. The van der Waals surface area contributed by atoms with E-state index in [-0.39, 0.29) is 11.6 Å². The molecule has 1 N–H and O–H groups in total. The number of halogens is 1. The Labute approximate surface area is 171 Å². The zero-order valence-electron chi connectivity index (χ0n) is 14.6. The van der Waals surface area contributed by atoms with Crippen LogP contribution in [-0.2, 0) is 9.59 Å². The molecule has 0 aliphatic carbocycles. The van der Waals surface area contributed by atoms with Crippen LogP contribution in [0.1, 0.15) is 0 Å². The molecular weight excluding hydrogens is 392 g/mol. The zero-order valence-corrected chi connectivity index (χ0v) is 16.2. The van der Waals surface area contributed by atoms with E-state index < -0.39 is 5.91 Å². The molecule has 3 aromatic rings. The minimum atomic E-state index is -0.408. The Bertz CT molecular complexity index is 1000. The molecule has 28 heavy (non-hydrogen) atoms. The second-order valence-corrected chi connectivity index (χ2v) is 7.56. The maximum absolute atomic E-state index is 13.2. The number of amides is 2. The maximum atomic E-state index is 13.2. The molecule has 0 atom stereocenters. The highest BCUT2D eigenvalue weighted by Crippen LogP contribution is 2.38. The number of hydrogen-bond donors (Lipinski definition) is 1. The lowest BCUT2D eigenvalue weighted by Crippen LogP contribution is -2.32. The lowest BCUT2D eigenvalue weighted by atomic mass is 10.3. The molecule has 0 saturated heterocycles. The van der Waals surface area contributed by atoms with Gasteiger partial charge in [0.15, 0.2) is 0 Å². The second-order valence-electron chi connectivity index (χ2n) is 6.04. The average molecular weight is 407 g/mol. The molecule has 1 aliphatic rings. The smallest absolute Gasteiger partial charge is 0.283 e. The van der Waals surface area contributed by atoms with Gasteiger partial charge in [-0.1, -0.05) is 65.8 Å². The molecule has 4 rings (SSSR count). The molecule has 0 saturated carbocycles. The van der Waals surface area contributed by atoms with Crippen molar-refractivity contribution in [1.29, 1.82) is 0 Å². The van der Waals surface area contributed by atoms with Gasteiger partial charge in [-0.25, -0.2) is 4.90 Å². The van der Waals surface area contributed by atoms with Gasteiger partial charge in [0, 0.05) is 15.6 Å². The average Bonchev–Trinajstić information content (AvgIpc) is 2.93. The van der Waals surface area contributed by atoms with E-state index in [0.29, 0.717) is 15.6 Å². The van der Waals surface area contributed by atoms with Crippen LogP contribution in [0.2, 0.25) is 5.02 Å². The minimum absolute atomic E-state index is 0.255. The van der Waals surface area contributed by atoms with Crippen LogP contribution in [0.25, 0.3) is 0 Å². The van der Waals surface area contributed by atoms with Crippen molar-refractivity contribution in [2.75, 3.05) is 10.2 Å². The van der Waals surface area contributed by atoms with Crippen LogP contribution in [0.3, 0.4) is 0 Å². The van der Waals surface area contributed by atoms with Gasteiger partial charge in [-0.05, 0) is 42.5 Å². The predicted molar refractivity (Wildman–Crippen MR) is 113 cm³/mol. The van der Waals surface area contributed by atoms with Crippen LogP contribution in [0, 0.1) is 0 Å². The Morgan fingerprint density at radius 3 is 2.14 bits per heavy atom. The monoisotopic (exact) mass is 406 g/mol. The number of nitrogens with one attached hydrogen (secondary N) is 1. The quantitative estimate of drug-likeness (QED) is 0.582. The van der Waals surface area contributed by atoms with E-state index in [0.717, 1.165) is 15.5 Å². The van der Waals surface area contributed by atoms with Gasteiger partial charge in [-0.15, -0.1) is 0 Å². The summed E-state index contributed by atoms with van der Waals surface area (Å²) in [5.41, 5.74) is 1.43. The molecule has 4 nitrogen and oxygen atoms in total. The number of benzene rings is 3. The number of rotatable bonds is 5. The molecule has 138 valence electrons. The third-order valence-electron chi connectivity index (χ3n) is 4.11. The van der Waals surface area contributed by atoms with Gasteiger partial charge in [0.05, 0.1) is 5.69 Å². The molecule has 6 heteroatoms. The molecule has 0 spiro atoms. The highest BCUT2D eigenvalue weighted by molar-refractivity contribution is 8.04. The number of carbonyl (C=O) groups is 2. The molecule has 0 bridgehead atoms. The van der Waals surface area contributed by atoms with Gasteiger partial charge >= 0.3 is 0 Å². The summed E-state index contributed by atoms with van der Waals surface area (Å²) >= 11 is 7.33. The second kappa shape index (κ2) is 7.92. The van der Waals surface area contributed by atoms with Crippen LogP contribution in [-0.4, -0.2) is 11.8 Å². The van der Waals surface area contributed by atoms with Crippen LogP contribution < -0.4 is 10.2 Å². The van der Waals surface area contributed by atoms with E-state index in [2.05, 4.69) is 5.32 Å². The van der Waals surface area contributed by atoms with Crippen molar-refractivity contribution in [2.45, 2.75) is 4.90 Å². The van der Waals surface area contributed by atoms with Crippen LogP contribution >= 0.6 is 23.4 Å². The van der Waals surface area contributed by atoms with E-state index in [1.807, 2.05) is 60.7 Å². The summed E-state index contributed by atoms with van der Waals surface area (Å²) in [7, 11) is 0. The number of imide groups is 1. The molecule has 0 fully saturated rings. The van der Waals surface area contributed by atoms with Gasteiger partial charge in [0.1, 0.15) is 10.6 Å². The minimum Gasteiger partial charge on any atom is -0.350 e. The Balaban J connectivity index is 1.75. The summed E-state index contributed by atoms with van der Waals surface area (Å²) in [6.45, 7) is 0. The topological polar surface area (TPSA) is 49.4 Å². The van der Waals surface area contributed by atoms with E-state index in [1.54, 1.807) is 24.3 Å². The Morgan fingerprint density at radius 2 is 1.46 bits per heavy atom. The lowest BCUT2D eigenvalue weighted by Gasteiger charge is -2.15. The Hall–Kier alpha value is -3.02. The highest BCUT2D eigenvalue weighted by atomic mass is 35.5. The largest absolute Gasteiger partial charge is 0.350 e. The zero-order chi connectivity index (χ0) is 19.5. The number of carbonyl (C=O) groups excluding carboxylic acids is 2. The van der Waals surface area contributed by atoms with E-state index >= 15 is 0 Å². The number of nitrogens with zero attached hydrogens (tertiary/aromatic N) is 1. The molecule has 3 aromatic carbocycles. The van der Waals surface area contributed by atoms with Gasteiger partial charge in [0.2, 0.25) is 0 Å². The van der Waals surface area contributed by atoms with Crippen molar-refractivity contribution in [3.8, 4) is 0 Å². The fourth-order valence-corrected chi connectivity index (χ4v) is 3.97. The summed E-state index contributed by atoms with van der Waals surface area (Å²) in [4.78, 5) is 28.7. The van der Waals surface area contributed by atoms with Gasteiger partial charge in [-0.3, -0.25) is 9.59 Å². The number of thioether (sulfide) groups is 1. The Kier molecular flexibility index (Phi) is 5.19. The number of para-hydroxylation sites is 1. The van der Waals surface area contributed by atoms with E-state index in [4.69, 9.17) is 11.6 Å².